The highest BCUT2D eigenvalue weighted by molar-refractivity contribution is 6.09. The van der Waals surface area contributed by atoms with E-state index in [1.54, 1.807) is 6.07 Å². The summed E-state index contributed by atoms with van der Waals surface area (Å²) in [6, 6.07) is 4.77. The highest BCUT2D eigenvalue weighted by Gasteiger charge is 2.48. The van der Waals surface area contributed by atoms with Crippen LogP contribution in [-0.4, -0.2) is 35.7 Å². The summed E-state index contributed by atoms with van der Waals surface area (Å²) in [6.07, 6.45) is 6.36. The summed E-state index contributed by atoms with van der Waals surface area (Å²) in [5.74, 6) is -2.11. The number of likely N-dealkylation sites (tertiary alicyclic amines) is 1. The number of nitrogens with zero attached hydrogens (tertiary/aromatic N) is 2. The molecule has 0 N–H and O–H groups in total. The molecule has 0 bridgehead atoms. The van der Waals surface area contributed by atoms with E-state index in [1.807, 2.05) is 18.2 Å². The predicted molar refractivity (Wildman–Crippen MR) is 89.1 cm³/mol. The maximum absolute atomic E-state index is 14.2. The molecule has 6 heteroatoms. The largest absolute Gasteiger partial charge is 0.308 e. The van der Waals surface area contributed by atoms with Crippen molar-refractivity contribution < 1.29 is 18.8 Å². The van der Waals surface area contributed by atoms with Gasteiger partial charge in [0.15, 0.2) is 0 Å². The Morgan fingerprint density at radius 3 is 2.48 bits per heavy atom. The molecule has 1 saturated heterocycles. The maximum atomic E-state index is 14.2. The first-order valence-electron chi connectivity index (χ1n) is 8.66. The Kier molecular flexibility index (Phi) is 3.90. The normalized spacial score (nSPS) is 25.2. The summed E-state index contributed by atoms with van der Waals surface area (Å²) < 4.78 is 14.2. The second kappa shape index (κ2) is 6.10. The third kappa shape index (κ3) is 2.56. The summed E-state index contributed by atoms with van der Waals surface area (Å²) in [4.78, 5) is 40.2. The van der Waals surface area contributed by atoms with Gasteiger partial charge in [0.05, 0.1) is 17.5 Å². The van der Waals surface area contributed by atoms with E-state index in [0.29, 0.717) is 25.8 Å². The average Bonchev–Trinajstić information content (AvgIpc) is 2.87. The molecule has 0 saturated carbocycles. The Hall–Kier alpha value is -2.50. The van der Waals surface area contributed by atoms with Crippen LogP contribution in [0.4, 0.5) is 10.1 Å². The van der Waals surface area contributed by atoms with Gasteiger partial charge in [-0.3, -0.25) is 19.3 Å². The first-order valence-corrected chi connectivity index (χ1v) is 8.66. The third-order valence-electron chi connectivity index (χ3n) is 5.36. The minimum atomic E-state index is -0.442. The standard InChI is InChI=1S/C19H19FN2O3/c20-15-9-3-5-12-6-4-10-21(17(12)15)16(23)11-22-18(24)13-7-1-2-8-14(13)19(22)25/h1-3,5,9,13-14H,4,6-8,10-11H2. The van der Waals surface area contributed by atoms with E-state index in [1.165, 1.54) is 11.0 Å². The number of anilines is 1. The van der Waals surface area contributed by atoms with E-state index in [-0.39, 0.29) is 35.9 Å². The second-order valence-electron chi connectivity index (χ2n) is 6.81. The fraction of sp³-hybridized carbons (Fsp3) is 0.421. The highest BCUT2D eigenvalue weighted by atomic mass is 19.1. The zero-order valence-corrected chi connectivity index (χ0v) is 13.8. The van der Waals surface area contributed by atoms with E-state index in [0.717, 1.165) is 16.9 Å². The molecule has 3 aliphatic rings. The molecule has 5 nitrogen and oxygen atoms in total. The minimum absolute atomic E-state index is 0.279. The molecular formula is C19H19FN2O3. The van der Waals surface area contributed by atoms with Crippen LogP contribution in [0, 0.1) is 17.7 Å². The monoisotopic (exact) mass is 342 g/mol. The maximum Gasteiger partial charge on any atom is 0.247 e. The van der Waals surface area contributed by atoms with E-state index in [2.05, 4.69) is 0 Å². The molecular weight excluding hydrogens is 323 g/mol. The lowest BCUT2D eigenvalue weighted by atomic mass is 9.85. The van der Waals surface area contributed by atoms with Crippen molar-refractivity contribution in [1.29, 1.82) is 0 Å². The van der Waals surface area contributed by atoms with Gasteiger partial charge in [-0.05, 0) is 37.3 Å². The van der Waals surface area contributed by atoms with Crippen molar-refractivity contribution in [2.75, 3.05) is 18.0 Å². The van der Waals surface area contributed by atoms with E-state index >= 15 is 0 Å². The summed E-state index contributed by atoms with van der Waals surface area (Å²) in [6.45, 7) is 0.0931. The Labute approximate surface area is 145 Å². The Morgan fingerprint density at radius 1 is 1.12 bits per heavy atom. The predicted octanol–water partition coefficient (Wildman–Crippen LogP) is 2.06. The molecule has 0 radical (unpaired) electrons. The van der Waals surface area contributed by atoms with Crippen molar-refractivity contribution in [3.05, 3.63) is 41.7 Å². The summed E-state index contributed by atoms with van der Waals surface area (Å²) in [7, 11) is 0. The molecule has 2 aliphatic heterocycles. The van der Waals surface area contributed by atoms with Crippen LogP contribution < -0.4 is 4.90 Å². The quantitative estimate of drug-likeness (QED) is 0.611. The van der Waals surface area contributed by atoms with E-state index < -0.39 is 11.7 Å². The van der Waals surface area contributed by atoms with Crippen LogP contribution in [0.5, 0.6) is 0 Å². The number of hydrogen-bond acceptors (Lipinski definition) is 3. The van der Waals surface area contributed by atoms with Gasteiger partial charge >= 0.3 is 0 Å². The molecule has 1 aliphatic carbocycles. The molecule has 25 heavy (non-hydrogen) atoms. The number of halogens is 1. The van der Waals surface area contributed by atoms with Crippen molar-refractivity contribution in [2.45, 2.75) is 25.7 Å². The fourth-order valence-electron chi connectivity index (χ4n) is 4.10. The number of aryl methyl sites for hydroxylation is 1. The van der Waals surface area contributed by atoms with E-state index in [4.69, 9.17) is 0 Å². The van der Waals surface area contributed by atoms with Crippen LogP contribution in [0.3, 0.4) is 0 Å². The minimum Gasteiger partial charge on any atom is -0.308 e. The number of amides is 3. The topological polar surface area (TPSA) is 57.7 Å². The Morgan fingerprint density at radius 2 is 1.80 bits per heavy atom. The molecule has 1 aromatic carbocycles. The van der Waals surface area contributed by atoms with Gasteiger partial charge in [0.2, 0.25) is 17.7 Å². The van der Waals surface area contributed by atoms with Crippen LogP contribution in [0.1, 0.15) is 24.8 Å². The van der Waals surface area contributed by atoms with Crippen LogP contribution in [0.25, 0.3) is 0 Å². The van der Waals surface area contributed by atoms with Crippen LogP contribution >= 0.6 is 0 Å². The molecule has 2 unspecified atom stereocenters. The van der Waals surface area contributed by atoms with Gasteiger partial charge in [-0.25, -0.2) is 4.39 Å². The molecule has 4 rings (SSSR count). The Balaban J connectivity index is 1.56. The first-order chi connectivity index (χ1) is 12.1. The number of carbonyl (C=O) groups is 3. The second-order valence-corrected chi connectivity index (χ2v) is 6.81. The molecule has 0 spiro atoms. The third-order valence-corrected chi connectivity index (χ3v) is 5.36. The molecule has 2 heterocycles. The number of para-hydroxylation sites is 1. The number of carbonyl (C=O) groups excluding carboxylic acids is 3. The van der Waals surface area contributed by atoms with Gasteiger partial charge < -0.3 is 4.90 Å². The summed E-state index contributed by atoms with van der Waals surface area (Å²) >= 11 is 0. The molecule has 2 atom stereocenters. The SMILES string of the molecule is O=C1C2CC=CCC2C(=O)N1CC(=O)N1CCCc2cccc(F)c21. The smallest absolute Gasteiger partial charge is 0.247 e. The van der Waals surface area contributed by atoms with Crippen molar-refractivity contribution in [1.82, 2.24) is 4.90 Å². The zero-order valence-electron chi connectivity index (χ0n) is 13.8. The van der Waals surface area contributed by atoms with Crippen molar-refractivity contribution in [2.24, 2.45) is 11.8 Å². The van der Waals surface area contributed by atoms with Crippen LogP contribution in [-0.2, 0) is 20.8 Å². The number of fused-ring (bicyclic) bond motifs is 2. The van der Waals surface area contributed by atoms with Crippen LogP contribution in [0.2, 0.25) is 0 Å². The number of imide groups is 1. The van der Waals surface area contributed by atoms with Gasteiger partial charge in [0, 0.05) is 6.54 Å². The molecule has 3 amide bonds. The molecule has 1 aromatic rings. The molecule has 0 aromatic heterocycles. The lowest BCUT2D eigenvalue weighted by Crippen LogP contribution is -2.45. The lowest BCUT2D eigenvalue weighted by molar-refractivity contribution is -0.143. The zero-order chi connectivity index (χ0) is 17.6. The number of benzene rings is 1. The van der Waals surface area contributed by atoms with Gasteiger partial charge in [0.1, 0.15) is 12.4 Å². The number of allylic oxidation sites excluding steroid dienone is 2. The van der Waals surface area contributed by atoms with Gasteiger partial charge in [-0.2, -0.15) is 0 Å². The molecule has 130 valence electrons. The highest BCUT2D eigenvalue weighted by Crippen LogP contribution is 2.35. The summed E-state index contributed by atoms with van der Waals surface area (Å²) in [5.41, 5.74) is 1.08. The van der Waals surface area contributed by atoms with E-state index in [9.17, 15) is 18.8 Å². The van der Waals surface area contributed by atoms with Gasteiger partial charge in [-0.1, -0.05) is 24.3 Å². The van der Waals surface area contributed by atoms with Crippen molar-refractivity contribution >= 4 is 23.4 Å². The number of rotatable bonds is 2. The van der Waals surface area contributed by atoms with Gasteiger partial charge in [-0.15, -0.1) is 0 Å². The van der Waals surface area contributed by atoms with Gasteiger partial charge in [0.25, 0.3) is 0 Å². The van der Waals surface area contributed by atoms with Crippen LogP contribution in [0.15, 0.2) is 30.4 Å². The number of hydrogen-bond donors (Lipinski definition) is 0. The fourth-order valence-corrected chi connectivity index (χ4v) is 4.10. The van der Waals surface area contributed by atoms with Crippen molar-refractivity contribution in [3.8, 4) is 0 Å². The lowest BCUT2D eigenvalue weighted by Gasteiger charge is -2.31. The molecule has 1 fully saturated rings. The average molecular weight is 342 g/mol. The summed E-state index contributed by atoms with van der Waals surface area (Å²) in [5, 5.41) is 0. The first kappa shape index (κ1) is 16.0. The Bertz CT molecular complexity index is 763. The van der Waals surface area contributed by atoms with Crippen molar-refractivity contribution in [3.63, 3.8) is 0 Å².